The van der Waals surface area contributed by atoms with Crippen molar-refractivity contribution in [2.24, 2.45) is 0 Å². The molecule has 1 amide bonds. The van der Waals surface area contributed by atoms with E-state index in [2.05, 4.69) is 16.9 Å². The molecule has 0 aromatic carbocycles. The van der Waals surface area contributed by atoms with Crippen LogP contribution < -0.4 is 0 Å². The van der Waals surface area contributed by atoms with Crippen molar-refractivity contribution in [3.63, 3.8) is 0 Å². The first-order valence-corrected chi connectivity index (χ1v) is 9.00. The normalized spacial score (nSPS) is 16.0. The third-order valence-corrected chi connectivity index (χ3v) is 5.16. The van der Waals surface area contributed by atoms with E-state index in [0.29, 0.717) is 12.5 Å². The molecule has 1 aliphatic carbocycles. The number of nitrogens with zero attached hydrogens (tertiary/aromatic N) is 4. The highest BCUT2D eigenvalue weighted by molar-refractivity contribution is 5.78. The number of rotatable bonds is 6. The number of likely N-dealkylation sites (N-methyl/N-ethyl adjacent to an activating group) is 2. The van der Waals surface area contributed by atoms with Crippen LogP contribution >= 0.6 is 0 Å². The summed E-state index contributed by atoms with van der Waals surface area (Å²) in [6, 6.07) is 6.58. The number of pyridine rings is 1. The molecule has 0 spiro atoms. The average Bonchev–Trinajstić information content (AvgIpc) is 3.02. The maximum atomic E-state index is 12.4. The first-order valence-electron chi connectivity index (χ1n) is 9.00. The van der Waals surface area contributed by atoms with E-state index in [-0.39, 0.29) is 5.91 Å². The van der Waals surface area contributed by atoms with Crippen LogP contribution in [0.3, 0.4) is 0 Å². The fourth-order valence-electron chi connectivity index (χ4n) is 3.50. The fraction of sp³-hybridized carbons (Fsp3) is 0.579. The van der Waals surface area contributed by atoms with E-state index < -0.39 is 0 Å². The Bertz CT molecular complexity index is 642. The van der Waals surface area contributed by atoms with Crippen molar-refractivity contribution in [3.8, 4) is 0 Å². The molecule has 5 heteroatoms. The third kappa shape index (κ3) is 4.15. The summed E-state index contributed by atoms with van der Waals surface area (Å²) < 4.78 is 1.96. The van der Waals surface area contributed by atoms with Gasteiger partial charge in [-0.3, -0.25) is 4.79 Å². The molecular weight excluding hydrogens is 300 g/mol. The molecule has 1 fully saturated rings. The summed E-state index contributed by atoms with van der Waals surface area (Å²) in [5.74, 6) is 0.135. The Kier molecular flexibility index (Phi) is 5.51. The molecule has 5 nitrogen and oxygen atoms in total. The molecule has 2 heterocycles. The molecule has 2 aromatic heterocycles. The molecule has 2 aromatic rings. The van der Waals surface area contributed by atoms with Gasteiger partial charge in [-0.05, 0) is 32.0 Å². The fourth-order valence-corrected chi connectivity index (χ4v) is 3.50. The Hall–Kier alpha value is -1.88. The number of amides is 1. The minimum atomic E-state index is 0.135. The lowest BCUT2D eigenvalue weighted by Gasteiger charge is -2.32. The molecule has 0 radical (unpaired) electrons. The van der Waals surface area contributed by atoms with Gasteiger partial charge in [0.1, 0.15) is 5.65 Å². The lowest BCUT2D eigenvalue weighted by atomic mass is 9.94. The van der Waals surface area contributed by atoms with Gasteiger partial charge in [0.15, 0.2) is 0 Å². The molecule has 0 aliphatic heterocycles. The Morgan fingerprint density at radius 2 is 2.00 bits per heavy atom. The number of hydrogen-bond donors (Lipinski definition) is 0. The lowest BCUT2D eigenvalue weighted by Crippen LogP contribution is -2.40. The first kappa shape index (κ1) is 17.0. The number of aromatic nitrogens is 2. The van der Waals surface area contributed by atoms with E-state index in [9.17, 15) is 4.79 Å². The largest absolute Gasteiger partial charge is 0.344 e. The maximum Gasteiger partial charge on any atom is 0.228 e. The summed E-state index contributed by atoms with van der Waals surface area (Å²) in [5, 5.41) is 0. The highest BCUT2D eigenvalue weighted by atomic mass is 16.2. The van der Waals surface area contributed by atoms with Gasteiger partial charge in [0.05, 0.1) is 12.1 Å². The zero-order chi connectivity index (χ0) is 16.9. The Labute approximate surface area is 144 Å². The predicted molar refractivity (Wildman–Crippen MR) is 96.0 cm³/mol. The second-order valence-electron chi connectivity index (χ2n) is 6.96. The first-order chi connectivity index (χ1) is 11.6. The summed E-state index contributed by atoms with van der Waals surface area (Å²) >= 11 is 0. The van der Waals surface area contributed by atoms with Gasteiger partial charge in [0, 0.05) is 38.6 Å². The summed E-state index contributed by atoms with van der Waals surface area (Å²) in [5.41, 5.74) is 1.72. The zero-order valence-electron chi connectivity index (χ0n) is 14.8. The number of imidazole rings is 1. The van der Waals surface area contributed by atoms with Crippen molar-refractivity contribution in [1.29, 1.82) is 0 Å². The minimum absolute atomic E-state index is 0.135. The number of hydrogen-bond acceptors (Lipinski definition) is 3. The molecule has 0 saturated heterocycles. The molecule has 24 heavy (non-hydrogen) atoms. The van der Waals surface area contributed by atoms with Crippen LogP contribution in [0.5, 0.6) is 0 Å². The second kappa shape index (κ2) is 7.79. The van der Waals surface area contributed by atoms with Crippen molar-refractivity contribution in [1.82, 2.24) is 19.2 Å². The van der Waals surface area contributed by atoms with Gasteiger partial charge in [0.2, 0.25) is 5.91 Å². The molecule has 130 valence electrons. The van der Waals surface area contributed by atoms with Crippen molar-refractivity contribution in [2.75, 3.05) is 27.2 Å². The van der Waals surface area contributed by atoms with Crippen LogP contribution in [0.1, 0.15) is 37.8 Å². The predicted octanol–water partition coefficient (Wildman–Crippen LogP) is 2.60. The van der Waals surface area contributed by atoms with E-state index in [1.54, 1.807) is 0 Å². The number of carbonyl (C=O) groups is 1. The molecule has 0 unspecified atom stereocenters. The summed E-state index contributed by atoms with van der Waals surface area (Å²) in [4.78, 5) is 21.2. The van der Waals surface area contributed by atoms with Gasteiger partial charge in [0.25, 0.3) is 0 Å². The van der Waals surface area contributed by atoms with Gasteiger partial charge in [-0.2, -0.15) is 0 Å². The zero-order valence-corrected chi connectivity index (χ0v) is 14.8. The molecule has 1 aliphatic rings. The van der Waals surface area contributed by atoms with Crippen LogP contribution in [0.2, 0.25) is 0 Å². The van der Waals surface area contributed by atoms with E-state index in [1.807, 2.05) is 46.9 Å². The lowest BCUT2D eigenvalue weighted by molar-refractivity contribution is -0.129. The molecule has 1 saturated carbocycles. The van der Waals surface area contributed by atoms with Crippen molar-refractivity contribution in [3.05, 3.63) is 36.3 Å². The average molecular weight is 328 g/mol. The van der Waals surface area contributed by atoms with Gasteiger partial charge in [-0.25, -0.2) is 4.98 Å². The van der Waals surface area contributed by atoms with Crippen LogP contribution in [-0.2, 0) is 11.2 Å². The van der Waals surface area contributed by atoms with E-state index >= 15 is 0 Å². The highest BCUT2D eigenvalue weighted by Gasteiger charge is 2.19. The third-order valence-electron chi connectivity index (χ3n) is 5.16. The SMILES string of the molecule is CN(CCN(C)C1CCCCC1)C(=O)Cc1cn2ccccc2n1. The van der Waals surface area contributed by atoms with Gasteiger partial charge >= 0.3 is 0 Å². The maximum absolute atomic E-state index is 12.4. The summed E-state index contributed by atoms with van der Waals surface area (Å²) in [6.45, 7) is 1.72. The highest BCUT2D eigenvalue weighted by Crippen LogP contribution is 2.21. The quantitative estimate of drug-likeness (QED) is 0.818. The standard InChI is InChI=1S/C19H28N4O/c1-21(17-8-4-3-5-9-17)12-13-22(2)19(24)14-16-15-23-11-7-6-10-18(23)20-16/h6-7,10-11,15,17H,3-5,8-9,12-14H2,1-2H3. The second-order valence-corrected chi connectivity index (χ2v) is 6.96. The number of carbonyl (C=O) groups excluding carboxylic acids is 1. The van der Waals surface area contributed by atoms with Crippen molar-refractivity contribution in [2.45, 2.75) is 44.6 Å². The molecule has 0 bridgehead atoms. The van der Waals surface area contributed by atoms with Crippen molar-refractivity contribution >= 4 is 11.6 Å². The van der Waals surface area contributed by atoms with Crippen LogP contribution in [0, 0.1) is 0 Å². The van der Waals surface area contributed by atoms with E-state index in [1.165, 1.54) is 32.1 Å². The summed E-state index contributed by atoms with van der Waals surface area (Å²) in [7, 11) is 4.09. The number of fused-ring (bicyclic) bond motifs is 1. The summed E-state index contributed by atoms with van der Waals surface area (Å²) in [6.07, 6.45) is 10.9. The molecule has 0 atom stereocenters. The van der Waals surface area contributed by atoms with E-state index in [4.69, 9.17) is 0 Å². The Morgan fingerprint density at radius 1 is 1.21 bits per heavy atom. The molecule has 3 rings (SSSR count). The van der Waals surface area contributed by atoms with Crippen LogP contribution in [0.4, 0.5) is 0 Å². The smallest absolute Gasteiger partial charge is 0.228 e. The van der Waals surface area contributed by atoms with Crippen LogP contribution in [0.15, 0.2) is 30.6 Å². The topological polar surface area (TPSA) is 40.9 Å². The van der Waals surface area contributed by atoms with Gasteiger partial charge in [-0.15, -0.1) is 0 Å². The van der Waals surface area contributed by atoms with Crippen LogP contribution in [0.25, 0.3) is 5.65 Å². The van der Waals surface area contributed by atoms with Gasteiger partial charge < -0.3 is 14.2 Å². The van der Waals surface area contributed by atoms with Crippen molar-refractivity contribution < 1.29 is 4.79 Å². The molecular formula is C19H28N4O. The minimum Gasteiger partial charge on any atom is -0.344 e. The Balaban J connectivity index is 1.49. The van der Waals surface area contributed by atoms with E-state index in [0.717, 1.165) is 24.4 Å². The van der Waals surface area contributed by atoms with Gasteiger partial charge in [-0.1, -0.05) is 25.3 Å². The molecule has 0 N–H and O–H groups in total. The Morgan fingerprint density at radius 3 is 2.75 bits per heavy atom. The van der Waals surface area contributed by atoms with Crippen LogP contribution in [-0.4, -0.2) is 58.3 Å². The monoisotopic (exact) mass is 328 g/mol.